The zero-order valence-corrected chi connectivity index (χ0v) is 16.6. The van der Waals surface area contributed by atoms with Crippen molar-refractivity contribution in [1.29, 1.82) is 5.26 Å². The zero-order valence-electron chi connectivity index (χ0n) is 15.1. The van der Waals surface area contributed by atoms with E-state index in [1.165, 1.54) is 16.2 Å². The third kappa shape index (κ3) is 3.87. The summed E-state index contributed by atoms with van der Waals surface area (Å²) < 4.78 is 5.78. The van der Waals surface area contributed by atoms with Crippen LogP contribution in [0.3, 0.4) is 0 Å². The molecule has 2 unspecified atom stereocenters. The third-order valence-corrected chi connectivity index (χ3v) is 6.08. The minimum absolute atomic E-state index is 0.262. The minimum Gasteiger partial charge on any atom is -0.481 e. The quantitative estimate of drug-likeness (QED) is 0.791. The van der Waals surface area contributed by atoms with Gasteiger partial charge >= 0.3 is 0 Å². The summed E-state index contributed by atoms with van der Waals surface area (Å²) in [5, 5.41) is 13.7. The van der Waals surface area contributed by atoms with E-state index in [0.717, 1.165) is 30.4 Å². The van der Waals surface area contributed by atoms with E-state index in [2.05, 4.69) is 18.3 Å². The van der Waals surface area contributed by atoms with Crippen LogP contribution >= 0.6 is 22.9 Å². The molecule has 0 radical (unpaired) electrons. The van der Waals surface area contributed by atoms with Gasteiger partial charge in [0.1, 0.15) is 16.8 Å². The second-order valence-electron chi connectivity index (χ2n) is 6.83. The molecule has 0 saturated carbocycles. The fraction of sp³-hybridized carbons (Fsp3) is 0.400. The van der Waals surface area contributed by atoms with E-state index in [0.29, 0.717) is 27.3 Å². The number of nitrogens with one attached hydrogen (secondary N) is 1. The van der Waals surface area contributed by atoms with E-state index in [4.69, 9.17) is 16.3 Å². The number of nitriles is 1. The number of benzene rings is 1. The van der Waals surface area contributed by atoms with Gasteiger partial charge in [-0.1, -0.05) is 18.5 Å². The smallest absolute Gasteiger partial charge is 0.265 e. The molecule has 3 rings (SSSR count). The molecule has 0 bridgehead atoms. The van der Waals surface area contributed by atoms with Gasteiger partial charge in [0.2, 0.25) is 0 Å². The highest BCUT2D eigenvalue weighted by Gasteiger charge is 2.26. The fourth-order valence-corrected chi connectivity index (χ4v) is 4.75. The maximum Gasteiger partial charge on any atom is 0.265 e. The Kier molecular flexibility index (Phi) is 5.55. The SMILES string of the molecule is Cc1cc(Cl)ccc1OC(C)C(=O)Nc1sc2c(c1C#N)CCC(C)C2. The second kappa shape index (κ2) is 7.69. The van der Waals surface area contributed by atoms with E-state index in [9.17, 15) is 10.1 Å². The Morgan fingerprint density at radius 2 is 2.27 bits per heavy atom. The summed E-state index contributed by atoms with van der Waals surface area (Å²) >= 11 is 7.47. The Balaban J connectivity index is 1.74. The molecule has 0 spiro atoms. The van der Waals surface area contributed by atoms with E-state index in [1.807, 2.05) is 6.92 Å². The molecular weight excluding hydrogens is 368 g/mol. The number of nitrogens with zero attached hydrogens (tertiary/aromatic N) is 1. The second-order valence-corrected chi connectivity index (χ2v) is 8.37. The average Bonchev–Trinajstić information content (AvgIpc) is 2.93. The van der Waals surface area contributed by atoms with Crippen molar-refractivity contribution in [2.45, 2.75) is 46.1 Å². The van der Waals surface area contributed by atoms with E-state index >= 15 is 0 Å². The number of amides is 1. The lowest BCUT2D eigenvalue weighted by molar-refractivity contribution is -0.122. The molecule has 1 aromatic carbocycles. The highest BCUT2D eigenvalue weighted by atomic mass is 35.5. The van der Waals surface area contributed by atoms with Crippen LogP contribution in [0.1, 0.15) is 41.8 Å². The first-order chi connectivity index (χ1) is 12.4. The van der Waals surface area contributed by atoms with Gasteiger partial charge in [0.25, 0.3) is 5.91 Å². The molecule has 4 nitrogen and oxygen atoms in total. The van der Waals surface area contributed by atoms with Crippen LogP contribution in [0, 0.1) is 24.2 Å². The normalized spacial score (nSPS) is 17.1. The Hall–Kier alpha value is -2.03. The number of hydrogen-bond donors (Lipinski definition) is 1. The van der Waals surface area contributed by atoms with Crippen LogP contribution in [0.2, 0.25) is 5.02 Å². The van der Waals surface area contributed by atoms with Gasteiger partial charge in [-0.15, -0.1) is 11.3 Å². The van der Waals surface area contributed by atoms with E-state index < -0.39 is 6.10 Å². The topological polar surface area (TPSA) is 62.1 Å². The number of aryl methyl sites for hydroxylation is 1. The molecule has 0 aliphatic heterocycles. The largest absolute Gasteiger partial charge is 0.481 e. The molecule has 1 aromatic heterocycles. The first-order valence-electron chi connectivity index (χ1n) is 8.67. The number of ether oxygens (including phenoxy) is 1. The highest BCUT2D eigenvalue weighted by Crippen LogP contribution is 2.39. The standard InChI is InChI=1S/C20H21ClN2O2S/c1-11-4-6-15-16(10-22)20(26-18(15)8-11)23-19(24)13(3)25-17-7-5-14(21)9-12(17)2/h5,7,9,11,13H,4,6,8H2,1-3H3,(H,23,24). The first-order valence-corrected chi connectivity index (χ1v) is 9.86. The lowest BCUT2D eigenvalue weighted by atomic mass is 9.88. The summed E-state index contributed by atoms with van der Waals surface area (Å²) in [6.45, 7) is 5.80. The maximum absolute atomic E-state index is 12.6. The van der Waals surface area contributed by atoms with Crippen molar-refractivity contribution in [2.24, 2.45) is 5.92 Å². The molecule has 1 heterocycles. The zero-order chi connectivity index (χ0) is 18.8. The van der Waals surface area contributed by atoms with Crippen molar-refractivity contribution in [3.63, 3.8) is 0 Å². The Morgan fingerprint density at radius 3 is 2.96 bits per heavy atom. The summed E-state index contributed by atoms with van der Waals surface area (Å²) in [4.78, 5) is 13.8. The highest BCUT2D eigenvalue weighted by molar-refractivity contribution is 7.16. The van der Waals surface area contributed by atoms with E-state index in [-0.39, 0.29) is 5.91 Å². The number of anilines is 1. The van der Waals surface area contributed by atoms with Crippen LogP contribution in [0.5, 0.6) is 5.75 Å². The number of carbonyl (C=O) groups excluding carboxylic acids is 1. The lowest BCUT2D eigenvalue weighted by Gasteiger charge is -2.17. The number of rotatable bonds is 4. The van der Waals surface area contributed by atoms with Crippen LogP contribution in [0.25, 0.3) is 0 Å². The van der Waals surface area contributed by atoms with Crippen LogP contribution in [0.4, 0.5) is 5.00 Å². The van der Waals surface area contributed by atoms with Crippen molar-refractivity contribution in [3.8, 4) is 11.8 Å². The van der Waals surface area contributed by atoms with Crippen LogP contribution in [-0.4, -0.2) is 12.0 Å². The summed E-state index contributed by atoms with van der Waals surface area (Å²) in [6.07, 6.45) is 2.28. The molecule has 1 aliphatic carbocycles. The summed E-state index contributed by atoms with van der Waals surface area (Å²) in [7, 11) is 0. The van der Waals surface area contributed by atoms with Gasteiger partial charge in [-0.3, -0.25) is 4.79 Å². The molecule has 2 atom stereocenters. The van der Waals surface area contributed by atoms with Gasteiger partial charge in [0, 0.05) is 9.90 Å². The fourth-order valence-electron chi connectivity index (χ4n) is 3.16. The van der Waals surface area contributed by atoms with Gasteiger partial charge in [-0.2, -0.15) is 5.26 Å². The predicted octanol–water partition coefficient (Wildman–Crippen LogP) is 5.11. The summed E-state index contributed by atoms with van der Waals surface area (Å²) in [6, 6.07) is 7.55. The van der Waals surface area contributed by atoms with Gasteiger partial charge in [0.15, 0.2) is 6.10 Å². The third-order valence-electron chi connectivity index (χ3n) is 4.67. The van der Waals surface area contributed by atoms with E-state index in [1.54, 1.807) is 25.1 Å². The number of carbonyl (C=O) groups is 1. The van der Waals surface area contributed by atoms with Crippen molar-refractivity contribution in [1.82, 2.24) is 0 Å². The maximum atomic E-state index is 12.6. The van der Waals surface area contributed by atoms with Crippen molar-refractivity contribution in [2.75, 3.05) is 5.32 Å². The molecular formula is C20H21ClN2O2S. The Morgan fingerprint density at radius 1 is 1.50 bits per heavy atom. The molecule has 0 fully saturated rings. The minimum atomic E-state index is -0.681. The first kappa shape index (κ1) is 18.8. The molecule has 2 aromatic rings. The van der Waals surface area contributed by atoms with Crippen molar-refractivity contribution >= 4 is 33.8 Å². The van der Waals surface area contributed by atoms with Gasteiger partial charge in [-0.25, -0.2) is 0 Å². The monoisotopic (exact) mass is 388 g/mol. The predicted molar refractivity (Wildman–Crippen MR) is 105 cm³/mol. The molecule has 6 heteroatoms. The molecule has 1 aliphatic rings. The van der Waals surface area contributed by atoms with Crippen molar-refractivity contribution in [3.05, 3.63) is 44.8 Å². The van der Waals surface area contributed by atoms with Gasteiger partial charge in [-0.05, 0) is 68.4 Å². The summed E-state index contributed by atoms with van der Waals surface area (Å²) in [5.74, 6) is 0.978. The molecule has 26 heavy (non-hydrogen) atoms. The summed E-state index contributed by atoms with van der Waals surface area (Å²) in [5.41, 5.74) is 2.59. The molecule has 1 N–H and O–H groups in total. The molecule has 1 amide bonds. The molecule has 0 saturated heterocycles. The number of fused-ring (bicyclic) bond motifs is 1. The van der Waals surface area contributed by atoms with Crippen LogP contribution in [0.15, 0.2) is 18.2 Å². The van der Waals surface area contributed by atoms with Crippen molar-refractivity contribution < 1.29 is 9.53 Å². The average molecular weight is 389 g/mol. The molecule has 136 valence electrons. The van der Waals surface area contributed by atoms with Gasteiger partial charge in [0.05, 0.1) is 5.56 Å². The number of hydrogen-bond acceptors (Lipinski definition) is 4. The van der Waals surface area contributed by atoms with Crippen LogP contribution < -0.4 is 10.1 Å². The Bertz CT molecular complexity index is 885. The van der Waals surface area contributed by atoms with Crippen LogP contribution in [-0.2, 0) is 17.6 Å². The Labute approximate surface area is 162 Å². The van der Waals surface area contributed by atoms with Gasteiger partial charge < -0.3 is 10.1 Å². The lowest BCUT2D eigenvalue weighted by Crippen LogP contribution is -2.30. The number of thiophene rings is 1. The number of halogens is 1.